The number of aromatic nitrogens is 1. The van der Waals surface area contributed by atoms with Crippen LogP contribution in [0, 0.1) is 0 Å². The predicted molar refractivity (Wildman–Crippen MR) is 189 cm³/mol. The maximum Gasteiger partial charge on any atom is 0.411 e. The minimum Gasteiger partial charge on any atom is -0.488 e. The molecule has 1 aliphatic rings. The number of carboxylic acid groups (broad SMARTS) is 2. The molecule has 3 amide bonds. The number of ether oxygens (including phenoxy) is 2. The van der Waals surface area contributed by atoms with E-state index in [-0.39, 0.29) is 30.0 Å². The number of hydrogen-bond acceptors (Lipinski definition) is 7. The third-order valence-electron chi connectivity index (χ3n) is 8.47. The van der Waals surface area contributed by atoms with Gasteiger partial charge in [-0.25, -0.2) is 14.4 Å². The number of amides is 3. The topological polar surface area (TPSA) is 179 Å². The van der Waals surface area contributed by atoms with Crippen LogP contribution in [0.1, 0.15) is 71.2 Å². The molecule has 13 nitrogen and oxygen atoms in total. The molecule has 51 heavy (non-hydrogen) atoms. The first-order valence-corrected chi connectivity index (χ1v) is 16.7. The Kier molecular flexibility index (Phi) is 11.0. The van der Waals surface area contributed by atoms with Crippen molar-refractivity contribution in [1.82, 2.24) is 20.1 Å². The van der Waals surface area contributed by atoms with E-state index in [1.807, 2.05) is 42.5 Å². The van der Waals surface area contributed by atoms with Gasteiger partial charge in [-0.15, -0.1) is 0 Å². The summed E-state index contributed by atoms with van der Waals surface area (Å²) in [6.07, 6.45) is 0.0631. The van der Waals surface area contributed by atoms with Gasteiger partial charge in [0.1, 0.15) is 29.2 Å². The Morgan fingerprint density at radius 2 is 1.67 bits per heavy atom. The first-order valence-electron chi connectivity index (χ1n) is 16.7. The fourth-order valence-electron chi connectivity index (χ4n) is 6.04. The Labute approximate surface area is 295 Å². The van der Waals surface area contributed by atoms with Gasteiger partial charge in [0, 0.05) is 37.5 Å². The van der Waals surface area contributed by atoms with Gasteiger partial charge in [-0.2, -0.15) is 0 Å². The van der Waals surface area contributed by atoms with Gasteiger partial charge in [0.15, 0.2) is 0 Å². The molecule has 268 valence electrons. The maximum absolute atomic E-state index is 13.4. The number of carbonyl (C=O) groups excluding carboxylic acids is 3. The Morgan fingerprint density at radius 3 is 2.37 bits per heavy atom. The predicted octanol–water partition coefficient (Wildman–Crippen LogP) is 5.66. The normalized spacial score (nSPS) is 15.7. The summed E-state index contributed by atoms with van der Waals surface area (Å²) in [5.41, 5.74) is 2.15. The number of unbranched alkanes of at least 4 members (excludes halogenated alkanes) is 1. The van der Waals surface area contributed by atoms with Crippen molar-refractivity contribution in [3.8, 4) is 16.9 Å². The summed E-state index contributed by atoms with van der Waals surface area (Å²) in [5, 5.41) is 22.7. The molecule has 4 aromatic rings. The number of carbonyl (C=O) groups is 5. The standard InChI is InChI=1S/C38H42N4O9/c1-38(2,3)51-37(49)42-22-25(20-32(42)36(47)48)50-24-12-9-11-23(19-24)26-15-10-16-30-29(26)21-31(40-30)34(44)41(4)18-8-7-17-39-33(43)27-13-5-6-14-28(27)35(45)46/h5-6,9-16,19,21,25,32,40H,7-8,17-18,20,22H2,1-4H3,(H,39,43)(H,45,46)(H,47,48)/t25-,32-/m0/s1. The summed E-state index contributed by atoms with van der Waals surface area (Å²) in [7, 11) is 1.71. The van der Waals surface area contributed by atoms with Crippen molar-refractivity contribution >= 4 is 40.7 Å². The van der Waals surface area contributed by atoms with Crippen molar-refractivity contribution in [2.45, 2.75) is 57.8 Å². The molecule has 1 saturated heterocycles. The van der Waals surface area contributed by atoms with Gasteiger partial charge >= 0.3 is 18.0 Å². The second-order valence-electron chi connectivity index (χ2n) is 13.5. The maximum atomic E-state index is 13.4. The highest BCUT2D eigenvalue weighted by Crippen LogP contribution is 2.33. The van der Waals surface area contributed by atoms with Gasteiger partial charge in [0.05, 0.1) is 17.7 Å². The van der Waals surface area contributed by atoms with Gasteiger partial charge < -0.3 is 34.9 Å². The minimum atomic E-state index is -1.17. The highest BCUT2D eigenvalue weighted by molar-refractivity contribution is 6.05. The summed E-state index contributed by atoms with van der Waals surface area (Å²) < 4.78 is 11.6. The largest absolute Gasteiger partial charge is 0.488 e. The number of rotatable bonds is 12. The molecule has 1 aromatic heterocycles. The minimum absolute atomic E-state index is 0.0594. The molecule has 2 heterocycles. The quantitative estimate of drug-likeness (QED) is 0.136. The van der Waals surface area contributed by atoms with Gasteiger partial charge in [-0.1, -0.05) is 36.4 Å². The number of hydrogen-bond donors (Lipinski definition) is 4. The summed E-state index contributed by atoms with van der Waals surface area (Å²) in [6.45, 7) is 6.01. The molecule has 0 saturated carbocycles. The number of aromatic amines is 1. The summed E-state index contributed by atoms with van der Waals surface area (Å²) >= 11 is 0. The lowest BCUT2D eigenvalue weighted by molar-refractivity contribution is -0.142. The van der Waals surface area contributed by atoms with Gasteiger partial charge in [-0.05, 0) is 81.1 Å². The van der Waals surface area contributed by atoms with Crippen LogP contribution in [0.15, 0.2) is 72.8 Å². The lowest BCUT2D eigenvalue weighted by Gasteiger charge is -2.26. The molecule has 2 atom stereocenters. The average molecular weight is 699 g/mol. The third kappa shape index (κ3) is 8.85. The van der Waals surface area contributed by atoms with E-state index in [9.17, 15) is 34.2 Å². The lowest BCUT2D eigenvalue weighted by atomic mass is 10.0. The van der Waals surface area contributed by atoms with Crippen LogP contribution < -0.4 is 10.1 Å². The van der Waals surface area contributed by atoms with E-state index in [1.165, 1.54) is 17.0 Å². The number of fused-ring (bicyclic) bond motifs is 1. The highest BCUT2D eigenvalue weighted by Gasteiger charge is 2.42. The first-order chi connectivity index (χ1) is 24.2. The van der Waals surface area contributed by atoms with Crippen LogP contribution in [0.4, 0.5) is 4.79 Å². The van der Waals surface area contributed by atoms with E-state index in [1.54, 1.807) is 50.9 Å². The number of carboxylic acids is 2. The van der Waals surface area contributed by atoms with E-state index in [0.29, 0.717) is 37.4 Å². The van der Waals surface area contributed by atoms with Crippen LogP contribution in [0.3, 0.4) is 0 Å². The van der Waals surface area contributed by atoms with E-state index in [2.05, 4.69) is 10.3 Å². The number of aromatic carboxylic acids is 1. The molecule has 0 bridgehead atoms. The van der Waals surface area contributed by atoms with Crippen molar-refractivity contribution < 1.29 is 43.7 Å². The van der Waals surface area contributed by atoms with E-state index in [4.69, 9.17) is 9.47 Å². The molecule has 1 aliphatic heterocycles. The molecule has 4 N–H and O–H groups in total. The fraction of sp³-hybridized carbons (Fsp3) is 0.342. The van der Waals surface area contributed by atoms with Crippen molar-refractivity contribution in [1.29, 1.82) is 0 Å². The number of nitrogens with one attached hydrogen (secondary N) is 2. The molecule has 1 fully saturated rings. The molecular formula is C38H42N4O9. The van der Waals surface area contributed by atoms with Gasteiger partial charge in [-0.3, -0.25) is 14.5 Å². The van der Waals surface area contributed by atoms with E-state index >= 15 is 0 Å². The lowest BCUT2D eigenvalue weighted by Crippen LogP contribution is -2.43. The Bertz CT molecular complexity index is 1950. The summed E-state index contributed by atoms with van der Waals surface area (Å²) in [6, 6.07) is 19.9. The van der Waals surface area contributed by atoms with Crippen LogP contribution in [-0.2, 0) is 9.53 Å². The second-order valence-corrected chi connectivity index (χ2v) is 13.5. The summed E-state index contributed by atoms with van der Waals surface area (Å²) in [5.74, 6) is -2.44. The van der Waals surface area contributed by atoms with Crippen LogP contribution in [0.25, 0.3) is 22.0 Å². The molecule has 0 radical (unpaired) electrons. The zero-order chi connectivity index (χ0) is 36.9. The van der Waals surface area contributed by atoms with E-state index in [0.717, 1.165) is 22.0 Å². The summed E-state index contributed by atoms with van der Waals surface area (Å²) in [4.78, 5) is 68.0. The monoisotopic (exact) mass is 698 g/mol. The third-order valence-corrected chi connectivity index (χ3v) is 8.47. The van der Waals surface area contributed by atoms with Gasteiger partial charge in [0.25, 0.3) is 11.8 Å². The molecule has 0 aliphatic carbocycles. The van der Waals surface area contributed by atoms with Crippen LogP contribution in [0.5, 0.6) is 5.75 Å². The van der Waals surface area contributed by atoms with Crippen molar-refractivity contribution in [2.24, 2.45) is 0 Å². The molecule has 13 heteroatoms. The van der Waals surface area contributed by atoms with Crippen LogP contribution in [-0.4, -0.2) is 99.3 Å². The van der Waals surface area contributed by atoms with E-state index < -0.39 is 41.7 Å². The number of nitrogens with zero attached hydrogens (tertiary/aromatic N) is 2. The number of benzene rings is 3. The smallest absolute Gasteiger partial charge is 0.411 e. The first kappa shape index (κ1) is 36.4. The number of aliphatic carboxylic acids is 1. The molecule has 3 aromatic carbocycles. The molecule has 0 unspecified atom stereocenters. The Morgan fingerprint density at radius 1 is 0.941 bits per heavy atom. The Balaban J connectivity index is 1.20. The SMILES string of the molecule is CN(CCCCNC(=O)c1ccccc1C(=O)O)C(=O)c1cc2c(-c3cccc(O[C@H]4C[C@@H](C(=O)O)N(C(=O)OC(C)(C)C)C4)c3)cccc2[nH]1. The fourth-order valence-corrected chi connectivity index (χ4v) is 6.04. The zero-order valence-electron chi connectivity index (χ0n) is 29.0. The van der Waals surface area contributed by atoms with Crippen LogP contribution >= 0.6 is 0 Å². The molecule has 0 spiro atoms. The van der Waals surface area contributed by atoms with Crippen molar-refractivity contribution in [3.63, 3.8) is 0 Å². The van der Waals surface area contributed by atoms with Crippen molar-refractivity contribution in [2.75, 3.05) is 26.7 Å². The Hall–Kier alpha value is -5.85. The van der Waals surface area contributed by atoms with Crippen molar-refractivity contribution in [3.05, 3.63) is 89.6 Å². The number of H-pyrrole nitrogens is 1. The molecule has 5 rings (SSSR count). The highest BCUT2D eigenvalue weighted by atomic mass is 16.6. The van der Waals surface area contributed by atoms with Crippen LogP contribution in [0.2, 0.25) is 0 Å². The molecular weight excluding hydrogens is 656 g/mol. The second kappa shape index (κ2) is 15.4. The average Bonchev–Trinajstić information content (AvgIpc) is 3.72. The zero-order valence-corrected chi connectivity index (χ0v) is 29.0. The number of likely N-dealkylation sites (tertiary alicyclic amines) is 1. The van der Waals surface area contributed by atoms with Gasteiger partial charge in [0.2, 0.25) is 0 Å².